The third kappa shape index (κ3) is 4.39. The van der Waals surface area contributed by atoms with Gasteiger partial charge in [0.1, 0.15) is 12.9 Å². The zero-order valence-corrected chi connectivity index (χ0v) is 16.9. The van der Waals surface area contributed by atoms with Crippen molar-refractivity contribution in [3.63, 3.8) is 0 Å². The Hall–Kier alpha value is -3.51. The third-order valence-corrected chi connectivity index (χ3v) is 5.20. The van der Waals surface area contributed by atoms with Crippen molar-refractivity contribution in [2.75, 3.05) is 0 Å². The van der Waals surface area contributed by atoms with Crippen LogP contribution in [0.25, 0.3) is 10.9 Å². The number of para-hydroxylation sites is 1. The standard InChI is InChI=1S/C24H24N4O2/c1-28-21(12-18-6-2-3-8-22(18)28)9-10-23(29)19-7-4-5-17(11-19)15-30-24-13-20(14-25)26-16-27-24/h2-8,11-13,16H,9-10,14-15,25H2,1H3. The molecule has 6 nitrogen and oxygen atoms in total. The Morgan fingerprint density at radius 3 is 2.77 bits per heavy atom. The van der Waals surface area contributed by atoms with Gasteiger partial charge in [-0.1, -0.05) is 36.4 Å². The minimum Gasteiger partial charge on any atom is -0.473 e. The molecule has 0 aliphatic carbocycles. The van der Waals surface area contributed by atoms with Gasteiger partial charge in [-0.3, -0.25) is 4.79 Å². The Labute approximate surface area is 175 Å². The zero-order valence-electron chi connectivity index (χ0n) is 16.9. The van der Waals surface area contributed by atoms with Crippen LogP contribution in [0.5, 0.6) is 5.88 Å². The fraction of sp³-hybridized carbons (Fsp3) is 0.208. The van der Waals surface area contributed by atoms with Crippen LogP contribution in [0.1, 0.15) is 33.7 Å². The molecule has 2 N–H and O–H groups in total. The van der Waals surface area contributed by atoms with Crippen molar-refractivity contribution in [1.82, 2.24) is 14.5 Å². The van der Waals surface area contributed by atoms with Crippen molar-refractivity contribution in [3.8, 4) is 5.88 Å². The van der Waals surface area contributed by atoms with Crippen molar-refractivity contribution in [1.29, 1.82) is 0 Å². The smallest absolute Gasteiger partial charge is 0.216 e. The average molecular weight is 400 g/mol. The first-order chi connectivity index (χ1) is 14.6. The second kappa shape index (κ2) is 8.88. The van der Waals surface area contributed by atoms with E-state index in [1.807, 2.05) is 43.4 Å². The lowest BCUT2D eigenvalue weighted by atomic mass is 10.0. The highest BCUT2D eigenvalue weighted by Gasteiger charge is 2.11. The Morgan fingerprint density at radius 2 is 1.93 bits per heavy atom. The summed E-state index contributed by atoms with van der Waals surface area (Å²) >= 11 is 0. The summed E-state index contributed by atoms with van der Waals surface area (Å²) in [6.45, 7) is 0.658. The van der Waals surface area contributed by atoms with Crippen LogP contribution in [0, 0.1) is 0 Å². The number of ether oxygens (including phenoxy) is 1. The molecule has 30 heavy (non-hydrogen) atoms. The molecule has 0 bridgehead atoms. The zero-order chi connectivity index (χ0) is 20.9. The number of hydrogen-bond donors (Lipinski definition) is 1. The van der Waals surface area contributed by atoms with Crippen LogP contribution in [0.15, 0.2) is 67.0 Å². The maximum atomic E-state index is 12.8. The summed E-state index contributed by atoms with van der Waals surface area (Å²) < 4.78 is 7.88. The Bertz CT molecular complexity index is 1180. The second-order valence-corrected chi connectivity index (χ2v) is 7.22. The van der Waals surface area contributed by atoms with Crippen LogP contribution in [-0.4, -0.2) is 20.3 Å². The normalized spacial score (nSPS) is 11.0. The Kier molecular flexibility index (Phi) is 5.86. The molecular weight excluding hydrogens is 376 g/mol. The summed E-state index contributed by atoms with van der Waals surface area (Å²) in [6.07, 6.45) is 2.60. The number of benzene rings is 2. The number of carbonyl (C=O) groups is 1. The molecule has 6 heteroatoms. The van der Waals surface area contributed by atoms with Gasteiger partial charge in [0, 0.05) is 42.9 Å². The second-order valence-electron chi connectivity index (χ2n) is 7.22. The predicted octanol–water partition coefficient (Wildman–Crippen LogP) is 3.82. The molecule has 0 spiro atoms. The number of Topliss-reactive ketones (excluding diaryl/α,β-unsaturated/α-hetero) is 1. The van der Waals surface area contributed by atoms with Crippen LogP contribution in [-0.2, 0) is 26.6 Å². The Morgan fingerprint density at radius 1 is 1.07 bits per heavy atom. The van der Waals surface area contributed by atoms with E-state index in [0.717, 1.165) is 17.0 Å². The molecule has 2 aromatic heterocycles. The molecule has 4 rings (SSSR count). The van der Waals surface area contributed by atoms with Gasteiger partial charge in [-0.15, -0.1) is 0 Å². The number of aryl methyl sites for hydroxylation is 2. The number of aromatic nitrogens is 3. The van der Waals surface area contributed by atoms with Gasteiger partial charge < -0.3 is 15.0 Å². The van der Waals surface area contributed by atoms with Crippen molar-refractivity contribution < 1.29 is 9.53 Å². The fourth-order valence-corrected chi connectivity index (χ4v) is 3.53. The molecule has 0 atom stereocenters. The van der Waals surface area contributed by atoms with E-state index in [-0.39, 0.29) is 5.78 Å². The largest absolute Gasteiger partial charge is 0.473 e. The van der Waals surface area contributed by atoms with E-state index < -0.39 is 0 Å². The molecular formula is C24H24N4O2. The van der Waals surface area contributed by atoms with Crippen molar-refractivity contribution in [2.24, 2.45) is 12.8 Å². The molecule has 0 saturated heterocycles. The summed E-state index contributed by atoms with van der Waals surface area (Å²) in [4.78, 5) is 20.9. The lowest BCUT2D eigenvalue weighted by Crippen LogP contribution is -2.06. The number of fused-ring (bicyclic) bond motifs is 1. The van der Waals surface area contributed by atoms with E-state index in [0.29, 0.717) is 37.4 Å². The third-order valence-electron chi connectivity index (χ3n) is 5.20. The first kappa shape index (κ1) is 19.8. The van der Waals surface area contributed by atoms with Gasteiger partial charge in [0.15, 0.2) is 5.78 Å². The van der Waals surface area contributed by atoms with Crippen LogP contribution in [0.2, 0.25) is 0 Å². The van der Waals surface area contributed by atoms with E-state index in [1.54, 1.807) is 6.07 Å². The van der Waals surface area contributed by atoms with Crippen LogP contribution in [0.4, 0.5) is 0 Å². The van der Waals surface area contributed by atoms with E-state index in [9.17, 15) is 4.79 Å². The lowest BCUT2D eigenvalue weighted by Gasteiger charge is -2.08. The monoisotopic (exact) mass is 400 g/mol. The summed E-state index contributed by atoms with van der Waals surface area (Å²) in [7, 11) is 2.04. The highest BCUT2D eigenvalue weighted by molar-refractivity contribution is 5.96. The number of carbonyl (C=O) groups excluding carboxylic acids is 1. The van der Waals surface area contributed by atoms with Gasteiger partial charge in [-0.25, -0.2) is 9.97 Å². The number of hydrogen-bond acceptors (Lipinski definition) is 5. The highest BCUT2D eigenvalue weighted by atomic mass is 16.5. The topological polar surface area (TPSA) is 83.0 Å². The van der Waals surface area contributed by atoms with Crippen molar-refractivity contribution in [2.45, 2.75) is 26.0 Å². The lowest BCUT2D eigenvalue weighted by molar-refractivity contribution is 0.0982. The van der Waals surface area contributed by atoms with Gasteiger partial charge in [-0.05, 0) is 35.6 Å². The minimum absolute atomic E-state index is 0.120. The molecule has 0 aliphatic heterocycles. The molecule has 2 aromatic carbocycles. The predicted molar refractivity (Wildman–Crippen MR) is 116 cm³/mol. The Balaban J connectivity index is 1.40. The summed E-state index contributed by atoms with van der Waals surface area (Å²) in [5, 5.41) is 1.20. The maximum absolute atomic E-state index is 12.8. The van der Waals surface area contributed by atoms with Crippen LogP contribution >= 0.6 is 0 Å². The maximum Gasteiger partial charge on any atom is 0.216 e. The van der Waals surface area contributed by atoms with Crippen molar-refractivity contribution in [3.05, 3.63) is 89.5 Å². The number of rotatable bonds is 8. The molecule has 0 amide bonds. The molecule has 0 fully saturated rings. The number of nitrogens with zero attached hydrogens (tertiary/aromatic N) is 3. The number of nitrogens with two attached hydrogens (primary N) is 1. The quantitative estimate of drug-likeness (QED) is 0.455. The van der Waals surface area contributed by atoms with Gasteiger partial charge >= 0.3 is 0 Å². The summed E-state index contributed by atoms with van der Waals surface area (Å²) in [6, 6.07) is 19.7. The molecule has 4 aromatic rings. The van der Waals surface area contributed by atoms with Crippen molar-refractivity contribution >= 4 is 16.7 Å². The van der Waals surface area contributed by atoms with E-state index in [4.69, 9.17) is 10.5 Å². The van der Waals surface area contributed by atoms with E-state index >= 15 is 0 Å². The summed E-state index contributed by atoms with van der Waals surface area (Å²) in [5.74, 6) is 0.590. The van der Waals surface area contributed by atoms with E-state index in [1.165, 1.54) is 17.2 Å². The SMILES string of the molecule is Cn1c(CCC(=O)c2cccc(COc3cc(CN)ncn3)c2)cc2ccccc21. The summed E-state index contributed by atoms with van der Waals surface area (Å²) in [5.41, 5.74) is 10.3. The van der Waals surface area contributed by atoms with E-state index in [2.05, 4.69) is 32.7 Å². The van der Waals surface area contributed by atoms with Gasteiger partial charge in [0.2, 0.25) is 5.88 Å². The van der Waals surface area contributed by atoms with Crippen LogP contribution < -0.4 is 10.5 Å². The number of ketones is 1. The van der Waals surface area contributed by atoms with Gasteiger partial charge in [0.05, 0.1) is 5.69 Å². The van der Waals surface area contributed by atoms with Gasteiger partial charge in [-0.2, -0.15) is 0 Å². The highest BCUT2D eigenvalue weighted by Crippen LogP contribution is 2.20. The fourth-order valence-electron chi connectivity index (χ4n) is 3.53. The molecule has 152 valence electrons. The molecule has 2 heterocycles. The average Bonchev–Trinajstić information content (AvgIpc) is 3.12. The first-order valence-electron chi connectivity index (χ1n) is 9.93. The molecule has 0 unspecified atom stereocenters. The molecule has 0 aliphatic rings. The van der Waals surface area contributed by atoms with Gasteiger partial charge in [0.25, 0.3) is 0 Å². The molecule has 0 saturated carbocycles. The van der Waals surface area contributed by atoms with Crippen LogP contribution in [0.3, 0.4) is 0 Å². The minimum atomic E-state index is 0.120. The molecule has 0 radical (unpaired) electrons. The first-order valence-corrected chi connectivity index (χ1v) is 9.93.